The molecule has 0 radical (unpaired) electrons. The number of aromatic nitrogens is 6. The Balaban J connectivity index is 1.53. The summed E-state index contributed by atoms with van der Waals surface area (Å²) in [4.78, 5) is 25.6. The van der Waals surface area contributed by atoms with Gasteiger partial charge in [0.05, 0.1) is 42.3 Å². The number of methoxy groups -OCH3 is 1. The maximum atomic E-state index is 12.9. The van der Waals surface area contributed by atoms with E-state index in [1.807, 2.05) is 31.2 Å². The Morgan fingerprint density at radius 1 is 1.00 bits per heavy atom. The van der Waals surface area contributed by atoms with Crippen molar-refractivity contribution in [1.82, 2.24) is 29.8 Å². The lowest BCUT2D eigenvalue weighted by Crippen LogP contribution is -2.20. The normalized spacial score (nSPS) is 10.8. The summed E-state index contributed by atoms with van der Waals surface area (Å²) >= 11 is 0. The van der Waals surface area contributed by atoms with Crippen LogP contribution < -0.4 is 15.4 Å². The summed E-state index contributed by atoms with van der Waals surface area (Å²) in [6.07, 6.45) is 2.98. The molecule has 32 heavy (non-hydrogen) atoms. The Hall–Kier alpha value is -4.41. The summed E-state index contributed by atoms with van der Waals surface area (Å²) in [6, 6.07) is 8.98. The summed E-state index contributed by atoms with van der Waals surface area (Å²) in [5.74, 6) is -0.185. The number of hydrogen-bond acceptors (Lipinski definition) is 6. The molecule has 0 aliphatic rings. The van der Waals surface area contributed by atoms with Gasteiger partial charge in [0.25, 0.3) is 11.8 Å². The van der Waals surface area contributed by atoms with Crippen molar-refractivity contribution in [2.24, 2.45) is 14.1 Å². The van der Waals surface area contributed by atoms with Crippen LogP contribution in [0.25, 0.3) is 11.3 Å². The van der Waals surface area contributed by atoms with E-state index in [0.717, 1.165) is 11.3 Å². The highest BCUT2D eigenvalue weighted by Gasteiger charge is 2.21. The van der Waals surface area contributed by atoms with Gasteiger partial charge in [0.2, 0.25) is 0 Å². The van der Waals surface area contributed by atoms with E-state index >= 15 is 0 Å². The average molecular weight is 434 g/mol. The second-order valence-corrected chi connectivity index (χ2v) is 7.10. The molecule has 3 aromatic heterocycles. The molecule has 0 fully saturated rings. The topological polar surface area (TPSA) is 132 Å². The molecule has 0 spiro atoms. The number of H-pyrrole nitrogens is 1. The molecule has 11 heteroatoms. The van der Waals surface area contributed by atoms with Gasteiger partial charge in [-0.25, -0.2) is 0 Å². The minimum absolute atomic E-state index is 0.203. The highest BCUT2D eigenvalue weighted by atomic mass is 16.5. The molecule has 0 bridgehead atoms. The van der Waals surface area contributed by atoms with Crippen LogP contribution in [-0.2, 0) is 14.1 Å². The van der Waals surface area contributed by atoms with Crippen molar-refractivity contribution in [2.75, 3.05) is 17.7 Å². The summed E-state index contributed by atoms with van der Waals surface area (Å²) < 4.78 is 8.28. The second-order valence-electron chi connectivity index (χ2n) is 7.10. The number of amides is 2. The molecule has 164 valence electrons. The number of aromatic amines is 1. The molecule has 0 aliphatic carbocycles. The van der Waals surface area contributed by atoms with E-state index in [0.29, 0.717) is 17.1 Å². The monoisotopic (exact) mass is 434 g/mol. The number of hydrogen-bond donors (Lipinski definition) is 3. The molecule has 4 rings (SSSR count). The second kappa shape index (κ2) is 8.38. The van der Waals surface area contributed by atoms with E-state index in [1.165, 1.54) is 10.9 Å². The minimum Gasteiger partial charge on any atom is -0.497 e. The summed E-state index contributed by atoms with van der Waals surface area (Å²) in [6.45, 7) is 1.84. The van der Waals surface area contributed by atoms with Crippen LogP contribution in [0.2, 0.25) is 0 Å². The molecule has 4 aromatic rings. The largest absolute Gasteiger partial charge is 0.497 e. The molecule has 11 nitrogen and oxygen atoms in total. The third-order valence-electron chi connectivity index (χ3n) is 5.07. The van der Waals surface area contributed by atoms with Gasteiger partial charge in [0.15, 0.2) is 0 Å². The van der Waals surface area contributed by atoms with Gasteiger partial charge < -0.3 is 15.4 Å². The van der Waals surface area contributed by atoms with Gasteiger partial charge in [-0.1, -0.05) is 12.1 Å². The summed E-state index contributed by atoms with van der Waals surface area (Å²) in [7, 11) is 4.99. The summed E-state index contributed by atoms with van der Waals surface area (Å²) in [5.41, 5.74) is 3.48. The zero-order valence-electron chi connectivity index (χ0n) is 18.0. The third kappa shape index (κ3) is 3.95. The summed E-state index contributed by atoms with van der Waals surface area (Å²) in [5, 5.41) is 20.7. The van der Waals surface area contributed by atoms with E-state index < -0.39 is 11.8 Å². The van der Waals surface area contributed by atoms with E-state index in [-0.39, 0.29) is 17.1 Å². The third-order valence-corrected chi connectivity index (χ3v) is 5.07. The lowest BCUT2D eigenvalue weighted by Gasteiger charge is -2.08. The van der Waals surface area contributed by atoms with E-state index in [2.05, 4.69) is 31.0 Å². The number of benzene rings is 1. The van der Waals surface area contributed by atoms with E-state index in [1.54, 1.807) is 38.2 Å². The molecule has 0 unspecified atom stereocenters. The van der Waals surface area contributed by atoms with Gasteiger partial charge in [-0.05, 0) is 25.1 Å². The van der Waals surface area contributed by atoms with Crippen LogP contribution in [0.3, 0.4) is 0 Å². The molecule has 2 amide bonds. The Kier molecular flexibility index (Phi) is 5.46. The SMILES string of the molecule is COc1cccc(-c2cc(C(=O)Nc3cnn(C)c3C(=O)Nc3cnn(C)c3C)[nH]n2)c1. The molecule has 1 aromatic carbocycles. The van der Waals surface area contributed by atoms with Crippen molar-refractivity contribution in [3.8, 4) is 17.0 Å². The zero-order chi connectivity index (χ0) is 22.8. The van der Waals surface area contributed by atoms with Crippen LogP contribution in [0, 0.1) is 6.92 Å². The lowest BCUT2D eigenvalue weighted by atomic mass is 10.1. The van der Waals surface area contributed by atoms with Crippen molar-refractivity contribution in [3.63, 3.8) is 0 Å². The molecule has 3 N–H and O–H groups in total. The number of nitrogens with one attached hydrogen (secondary N) is 3. The fraction of sp³-hybridized carbons (Fsp3) is 0.190. The number of anilines is 2. The Labute approximate surface area is 183 Å². The Morgan fingerprint density at radius 3 is 2.44 bits per heavy atom. The first-order valence-electron chi connectivity index (χ1n) is 9.70. The van der Waals surface area contributed by atoms with Gasteiger partial charge in [-0.3, -0.25) is 24.1 Å². The van der Waals surface area contributed by atoms with Crippen LogP contribution in [0.4, 0.5) is 11.4 Å². The average Bonchev–Trinajstić information content (AvgIpc) is 3.50. The Morgan fingerprint density at radius 2 is 1.72 bits per heavy atom. The first-order chi connectivity index (χ1) is 15.4. The predicted octanol–water partition coefficient (Wildman–Crippen LogP) is 2.37. The molecule has 3 heterocycles. The fourth-order valence-electron chi connectivity index (χ4n) is 3.16. The molecular weight excluding hydrogens is 412 g/mol. The zero-order valence-corrected chi connectivity index (χ0v) is 18.0. The van der Waals surface area contributed by atoms with Gasteiger partial charge in [-0.15, -0.1) is 0 Å². The van der Waals surface area contributed by atoms with Gasteiger partial charge in [0, 0.05) is 19.7 Å². The maximum Gasteiger partial charge on any atom is 0.276 e. The predicted molar refractivity (Wildman–Crippen MR) is 118 cm³/mol. The van der Waals surface area contributed by atoms with Crippen molar-refractivity contribution in [2.45, 2.75) is 6.92 Å². The van der Waals surface area contributed by atoms with Crippen LogP contribution in [0.1, 0.15) is 26.7 Å². The van der Waals surface area contributed by atoms with Crippen molar-refractivity contribution in [3.05, 3.63) is 59.8 Å². The van der Waals surface area contributed by atoms with E-state index in [4.69, 9.17) is 4.74 Å². The van der Waals surface area contributed by atoms with Crippen LogP contribution in [0.5, 0.6) is 5.75 Å². The number of ether oxygens (including phenoxy) is 1. The van der Waals surface area contributed by atoms with Crippen molar-refractivity contribution in [1.29, 1.82) is 0 Å². The van der Waals surface area contributed by atoms with Gasteiger partial charge >= 0.3 is 0 Å². The number of rotatable bonds is 6. The van der Waals surface area contributed by atoms with Crippen molar-refractivity contribution >= 4 is 23.2 Å². The highest BCUT2D eigenvalue weighted by Crippen LogP contribution is 2.23. The molecule has 0 saturated carbocycles. The maximum absolute atomic E-state index is 12.9. The molecule has 0 saturated heterocycles. The molecule has 0 atom stereocenters. The van der Waals surface area contributed by atoms with Crippen LogP contribution in [0.15, 0.2) is 42.7 Å². The lowest BCUT2D eigenvalue weighted by molar-refractivity contribution is 0.101. The molecular formula is C21H22N8O3. The minimum atomic E-state index is -0.453. The number of aryl methyl sites for hydroxylation is 2. The van der Waals surface area contributed by atoms with Crippen molar-refractivity contribution < 1.29 is 14.3 Å². The smallest absolute Gasteiger partial charge is 0.276 e. The van der Waals surface area contributed by atoms with Gasteiger partial charge in [-0.2, -0.15) is 15.3 Å². The fourth-order valence-corrected chi connectivity index (χ4v) is 3.16. The van der Waals surface area contributed by atoms with Crippen LogP contribution in [-0.4, -0.2) is 48.7 Å². The number of carbonyl (C=O) groups excluding carboxylic acids is 2. The first kappa shape index (κ1) is 20.8. The highest BCUT2D eigenvalue weighted by molar-refractivity contribution is 6.11. The quantitative estimate of drug-likeness (QED) is 0.427. The van der Waals surface area contributed by atoms with Crippen LogP contribution >= 0.6 is 0 Å². The number of nitrogens with zero attached hydrogens (tertiary/aromatic N) is 5. The number of carbonyl (C=O) groups is 2. The first-order valence-corrected chi connectivity index (χ1v) is 9.70. The van der Waals surface area contributed by atoms with Gasteiger partial charge in [0.1, 0.15) is 17.1 Å². The molecule has 0 aliphatic heterocycles. The Bertz CT molecular complexity index is 1300. The standard InChI is InChI=1S/C21H22N8O3/c1-12-17(10-22-28(12)2)24-21(31)19-18(11-23-29(19)3)25-20(30)16-9-15(26-27-16)13-6-5-7-14(8-13)32-4/h5-11H,1-4H3,(H,24,31)(H,25,30)(H,26,27). The van der Waals surface area contributed by atoms with E-state index in [9.17, 15) is 9.59 Å².